The predicted octanol–water partition coefficient (Wildman–Crippen LogP) is 4.99. The summed E-state index contributed by atoms with van der Waals surface area (Å²) in [6, 6.07) is 14.2. The van der Waals surface area contributed by atoms with Gasteiger partial charge in [-0.15, -0.1) is 0 Å². The van der Waals surface area contributed by atoms with Gasteiger partial charge in [0.15, 0.2) is 0 Å². The Morgan fingerprint density at radius 1 is 1.18 bits per heavy atom. The van der Waals surface area contributed by atoms with Gasteiger partial charge >= 0.3 is 0 Å². The molecule has 1 saturated heterocycles. The van der Waals surface area contributed by atoms with Crippen LogP contribution in [-0.4, -0.2) is 49.6 Å². The summed E-state index contributed by atoms with van der Waals surface area (Å²) >= 11 is 6.15. The van der Waals surface area contributed by atoms with Gasteiger partial charge in [-0.25, -0.2) is 0 Å². The highest BCUT2D eigenvalue weighted by Crippen LogP contribution is 2.43. The molecule has 0 saturated carbocycles. The van der Waals surface area contributed by atoms with Crippen molar-refractivity contribution in [2.24, 2.45) is 11.1 Å². The lowest BCUT2D eigenvalue weighted by molar-refractivity contribution is 0.0999. The molecule has 0 radical (unpaired) electrons. The van der Waals surface area contributed by atoms with Crippen LogP contribution in [0, 0.1) is 5.41 Å². The lowest BCUT2D eigenvalue weighted by Crippen LogP contribution is -2.57. The lowest BCUT2D eigenvalue weighted by atomic mass is 9.72. The van der Waals surface area contributed by atoms with Crippen LogP contribution in [0.2, 0.25) is 5.02 Å². The average molecular weight is 466 g/mol. The minimum atomic E-state index is -0.423. The average Bonchev–Trinajstić information content (AvgIpc) is 2.79. The molecule has 174 valence electrons. The molecule has 2 aliphatic heterocycles. The van der Waals surface area contributed by atoms with Gasteiger partial charge in [0.25, 0.3) is 0 Å². The second kappa shape index (κ2) is 8.69. The number of hydrogen-bond acceptors (Lipinski definition) is 4. The van der Waals surface area contributed by atoms with Crippen LogP contribution in [0.25, 0.3) is 5.57 Å². The highest BCUT2D eigenvalue weighted by atomic mass is 35.5. The number of nitrogens with two attached hydrogens (primary N) is 1. The maximum absolute atomic E-state index is 11.5. The molecule has 2 N–H and O–H groups in total. The van der Waals surface area contributed by atoms with Crippen LogP contribution in [0.5, 0.6) is 5.75 Å². The molecule has 0 bridgehead atoms. The molecule has 0 spiro atoms. The standard InChI is InChI=1S/C27H32ClN3O2/c1-27(2)10-9-23(18-3-6-21(28)7-4-18)20(14-27)15-30-11-12-31-22(16-30)17-33-25-13-19(26(29)32)5-8-24(25)31/h3-8,13,22H,9-12,14-17H2,1-2H3,(H2,29,32). The van der Waals surface area contributed by atoms with E-state index in [4.69, 9.17) is 22.1 Å². The number of benzene rings is 2. The Balaban J connectivity index is 1.35. The molecule has 1 unspecified atom stereocenters. The third kappa shape index (κ3) is 4.62. The van der Waals surface area contributed by atoms with Crippen LogP contribution in [-0.2, 0) is 0 Å². The molecule has 33 heavy (non-hydrogen) atoms. The van der Waals surface area contributed by atoms with Gasteiger partial charge in [-0.1, -0.05) is 43.2 Å². The van der Waals surface area contributed by atoms with Crippen molar-refractivity contribution < 1.29 is 9.53 Å². The molecule has 1 amide bonds. The Morgan fingerprint density at radius 2 is 1.97 bits per heavy atom. The smallest absolute Gasteiger partial charge is 0.248 e. The minimum absolute atomic E-state index is 0.307. The van der Waals surface area contributed by atoms with Gasteiger partial charge in [0.05, 0.1) is 11.7 Å². The predicted molar refractivity (Wildman–Crippen MR) is 134 cm³/mol. The van der Waals surface area contributed by atoms with Crippen LogP contribution < -0.4 is 15.4 Å². The van der Waals surface area contributed by atoms with Gasteiger partial charge in [-0.2, -0.15) is 0 Å². The van der Waals surface area contributed by atoms with Crippen LogP contribution in [0.3, 0.4) is 0 Å². The summed E-state index contributed by atoms with van der Waals surface area (Å²) in [6.07, 6.45) is 3.46. The van der Waals surface area contributed by atoms with Crippen LogP contribution in [0.4, 0.5) is 5.69 Å². The summed E-state index contributed by atoms with van der Waals surface area (Å²) in [7, 11) is 0. The van der Waals surface area contributed by atoms with Crippen molar-refractivity contribution in [1.82, 2.24) is 4.90 Å². The zero-order valence-electron chi connectivity index (χ0n) is 19.4. The number of fused-ring (bicyclic) bond motifs is 3. The van der Waals surface area contributed by atoms with Gasteiger partial charge in [0, 0.05) is 36.8 Å². The van der Waals surface area contributed by atoms with Crippen molar-refractivity contribution in [3.63, 3.8) is 0 Å². The zero-order chi connectivity index (χ0) is 23.2. The first-order valence-corrected chi connectivity index (χ1v) is 12.2. The number of hydrogen-bond donors (Lipinski definition) is 1. The molecule has 3 aliphatic rings. The third-order valence-corrected chi connectivity index (χ3v) is 7.58. The number of piperazine rings is 1. The van der Waals surface area contributed by atoms with Gasteiger partial charge in [-0.3, -0.25) is 9.69 Å². The Bertz CT molecular complexity index is 1090. The maximum Gasteiger partial charge on any atom is 0.248 e. The molecule has 2 aromatic rings. The van der Waals surface area contributed by atoms with Crippen molar-refractivity contribution in [1.29, 1.82) is 0 Å². The van der Waals surface area contributed by atoms with E-state index in [0.717, 1.165) is 55.5 Å². The van der Waals surface area contributed by atoms with E-state index in [2.05, 4.69) is 35.8 Å². The summed E-state index contributed by atoms with van der Waals surface area (Å²) in [5.41, 5.74) is 11.7. The number of carbonyl (C=O) groups excluding carboxylic acids is 1. The fourth-order valence-electron chi connectivity index (χ4n) is 5.56. The number of nitrogens with zero attached hydrogens (tertiary/aromatic N) is 2. The van der Waals surface area contributed by atoms with E-state index in [9.17, 15) is 4.79 Å². The second-order valence-corrected chi connectivity index (χ2v) is 10.8. The SMILES string of the molecule is CC1(C)CCC(c2ccc(Cl)cc2)=C(CN2CCN3c4ccc(C(N)=O)cc4OCC3C2)C1. The van der Waals surface area contributed by atoms with Crippen molar-refractivity contribution in [2.45, 2.75) is 39.2 Å². The highest BCUT2D eigenvalue weighted by Gasteiger charge is 2.35. The number of amides is 1. The first-order valence-electron chi connectivity index (χ1n) is 11.8. The van der Waals surface area contributed by atoms with E-state index in [1.807, 2.05) is 18.2 Å². The quantitative estimate of drug-likeness (QED) is 0.691. The number of ether oxygens (including phenoxy) is 1. The normalized spacial score (nSPS) is 22.4. The summed E-state index contributed by atoms with van der Waals surface area (Å²) < 4.78 is 6.06. The Kier molecular flexibility index (Phi) is 5.87. The first kappa shape index (κ1) is 22.3. The van der Waals surface area contributed by atoms with E-state index in [0.29, 0.717) is 23.6 Å². The summed E-state index contributed by atoms with van der Waals surface area (Å²) in [5, 5.41) is 0.786. The maximum atomic E-state index is 11.5. The minimum Gasteiger partial charge on any atom is -0.489 e. The van der Waals surface area contributed by atoms with Crippen molar-refractivity contribution in [3.05, 3.63) is 64.2 Å². The van der Waals surface area contributed by atoms with Gasteiger partial charge in [0.1, 0.15) is 12.4 Å². The largest absolute Gasteiger partial charge is 0.489 e. The van der Waals surface area contributed by atoms with Gasteiger partial charge in [-0.05, 0) is 66.1 Å². The second-order valence-electron chi connectivity index (χ2n) is 10.4. The van der Waals surface area contributed by atoms with Crippen molar-refractivity contribution in [3.8, 4) is 5.75 Å². The number of anilines is 1. The third-order valence-electron chi connectivity index (χ3n) is 7.33. The Morgan fingerprint density at radius 3 is 2.73 bits per heavy atom. The molecule has 2 aromatic carbocycles. The first-order chi connectivity index (χ1) is 15.8. The monoisotopic (exact) mass is 465 g/mol. The summed E-state index contributed by atoms with van der Waals surface area (Å²) in [4.78, 5) is 16.5. The molecular weight excluding hydrogens is 434 g/mol. The van der Waals surface area contributed by atoms with Crippen LogP contribution in [0.15, 0.2) is 48.0 Å². The van der Waals surface area contributed by atoms with Crippen LogP contribution >= 0.6 is 11.6 Å². The Hall–Kier alpha value is -2.50. The summed E-state index contributed by atoms with van der Waals surface area (Å²) in [6.45, 7) is 9.31. The number of primary amides is 1. The Labute approximate surface area is 201 Å². The molecule has 1 aliphatic carbocycles. The zero-order valence-corrected chi connectivity index (χ0v) is 20.2. The van der Waals surface area contributed by atoms with Gasteiger partial charge < -0.3 is 15.4 Å². The fourth-order valence-corrected chi connectivity index (χ4v) is 5.69. The molecule has 5 rings (SSSR count). The fraction of sp³-hybridized carbons (Fsp3) is 0.444. The van der Waals surface area contributed by atoms with Crippen molar-refractivity contribution >= 4 is 28.8 Å². The number of rotatable bonds is 4. The van der Waals surface area contributed by atoms with Crippen LogP contribution in [0.1, 0.15) is 49.0 Å². The summed E-state index contributed by atoms with van der Waals surface area (Å²) in [5.74, 6) is 0.339. The molecule has 1 atom stereocenters. The molecule has 2 heterocycles. The number of halogens is 1. The highest BCUT2D eigenvalue weighted by molar-refractivity contribution is 6.30. The lowest BCUT2D eigenvalue weighted by Gasteiger charge is -2.46. The van der Waals surface area contributed by atoms with Crippen molar-refractivity contribution in [2.75, 3.05) is 37.7 Å². The number of carbonyl (C=O) groups is 1. The molecule has 6 heteroatoms. The molecule has 0 aromatic heterocycles. The van der Waals surface area contributed by atoms with E-state index in [1.54, 1.807) is 17.7 Å². The topological polar surface area (TPSA) is 58.8 Å². The van der Waals surface area contributed by atoms with Gasteiger partial charge in [0.2, 0.25) is 5.91 Å². The van der Waals surface area contributed by atoms with E-state index in [-0.39, 0.29) is 0 Å². The van der Waals surface area contributed by atoms with E-state index >= 15 is 0 Å². The molecule has 1 fully saturated rings. The van der Waals surface area contributed by atoms with E-state index < -0.39 is 5.91 Å². The number of allylic oxidation sites excluding steroid dienone is 1. The molecule has 5 nitrogen and oxygen atoms in total. The molecular formula is C27H32ClN3O2. The van der Waals surface area contributed by atoms with E-state index in [1.165, 1.54) is 17.6 Å².